The Labute approximate surface area is 164 Å². The van der Waals surface area contributed by atoms with Crippen LogP contribution in [0.25, 0.3) is 0 Å². The van der Waals surface area contributed by atoms with E-state index in [2.05, 4.69) is 5.32 Å². The molecule has 3 rings (SSSR count). The van der Waals surface area contributed by atoms with Crippen LogP contribution in [0.2, 0.25) is 0 Å². The lowest BCUT2D eigenvalue weighted by Gasteiger charge is -2.34. The highest BCUT2D eigenvalue weighted by Gasteiger charge is 2.45. The van der Waals surface area contributed by atoms with Gasteiger partial charge in [0.25, 0.3) is 5.91 Å². The molecule has 2 aliphatic rings. The molecule has 2 atom stereocenters. The molecule has 2 amide bonds. The zero-order chi connectivity index (χ0) is 20.3. The summed E-state index contributed by atoms with van der Waals surface area (Å²) in [6.45, 7) is 5.50. The maximum absolute atomic E-state index is 12.9. The van der Waals surface area contributed by atoms with Crippen molar-refractivity contribution in [2.24, 2.45) is 0 Å². The fraction of sp³-hybridized carbons (Fsp3) is 0.476. The lowest BCUT2D eigenvalue weighted by Crippen LogP contribution is -2.51. The standard InChI is InChI=1S/C21H26N2O5/c1-21(2,3)28-19(25)17-12-10-15-9-11-16(18(24)23(15)17)22-20(26)27-13-14-7-5-4-6-8-14/h4-8,11,15,17H,9-10,12-13H2,1-3H3,(H,22,26)/t15-,17-/m0/s1. The zero-order valence-corrected chi connectivity index (χ0v) is 16.4. The number of nitrogens with one attached hydrogen (secondary N) is 1. The molecule has 1 aromatic rings. The van der Waals surface area contributed by atoms with Crippen LogP contribution < -0.4 is 5.32 Å². The van der Waals surface area contributed by atoms with Gasteiger partial charge in [0.2, 0.25) is 0 Å². The minimum absolute atomic E-state index is 0.0455. The van der Waals surface area contributed by atoms with E-state index in [4.69, 9.17) is 9.47 Å². The van der Waals surface area contributed by atoms with Crippen LogP contribution in [0.3, 0.4) is 0 Å². The number of hydrogen-bond acceptors (Lipinski definition) is 5. The number of rotatable bonds is 4. The zero-order valence-electron chi connectivity index (χ0n) is 16.4. The highest BCUT2D eigenvalue weighted by molar-refractivity contribution is 5.99. The van der Waals surface area contributed by atoms with E-state index in [1.807, 2.05) is 30.3 Å². The molecule has 1 aromatic carbocycles. The van der Waals surface area contributed by atoms with Gasteiger partial charge in [-0.1, -0.05) is 36.4 Å². The van der Waals surface area contributed by atoms with Crippen LogP contribution in [0.4, 0.5) is 4.79 Å². The lowest BCUT2D eigenvalue weighted by molar-refractivity contribution is -0.163. The van der Waals surface area contributed by atoms with E-state index in [-0.39, 0.29) is 24.3 Å². The highest BCUT2D eigenvalue weighted by atomic mass is 16.6. The molecule has 2 aliphatic heterocycles. The summed E-state index contributed by atoms with van der Waals surface area (Å²) in [6.07, 6.45) is 2.88. The average Bonchev–Trinajstić information content (AvgIpc) is 3.07. The van der Waals surface area contributed by atoms with Gasteiger partial charge < -0.3 is 14.4 Å². The SMILES string of the molecule is CC(C)(C)OC(=O)[C@@H]1CC[C@@H]2CC=C(NC(=O)OCc3ccccc3)C(=O)N21. The van der Waals surface area contributed by atoms with Gasteiger partial charge in [-0.05, 0) is 45.6 Å². The van der Waals surface area contributed by atoms with E-state index < -0.39 is 23.7 Å². The Balaban J connectivity index is 1.61. The molecule has 0 radical (unpaired) electrons. The first-order valence-corrected chi connectivity index (χ1v) is 9.48. The van der Waals surface area contributed by atoms with E-state index in [1.54, 1.807) is 31.7 Å². The van der Waals surface area contributed by atoms with Crippen LogP contribution in [0.5, 0.6) is 0 Å². The van der Waals surface area contributed by atoms with E-state index in [0.717, 1.165) is 12.0 Å². The van der Waals surface area contributed by atoms with Crippen molar-refractivity contribution in [3.05, 3.63) is 47.7 Å². The Morgan fingerprint density at radius 2 is 1.89 bits per heavy atom. The largest absolute Gasteiger partial charge is 0.458 e. The van der Waals surface area contributed by atoms with Gasteiger partial charge in [0.1, 0.15) is 23.9 Å². The summed E-state index contributed by atoms with van der Waals surface area (Å²) in [7, 11) is 0. The van der Waals surface area contributed by atoms with Crippen molar-refractivity contribution in [1.29, 1.82) is 0 Å². The van der Waals surface area contributed by atoms with Crippen molar-refractivity contribution in [2.45, 2.75) is 64.3 Å². The highest BCUT2D eigenvalue weighted by Crippen LogP contribution is 2.32. The number of esters is 1. The summed E-state index contributed by atoms with van der Waals surface area (Å²) >= 11 is 0. The fourth-order valence-electron chi connectivity index (χ4n) is 3.48. The van der Waals surface area contributed by atoms with Gasteiger partial charge in [0.05, 0.1) is 0 Å². The van der Waals surface area contributed by atoms with E-state index in [1.165, 1.54) is 0 Å². The van der Waals surface area contributed by atoms with Crippen LogP contribution >= 0.6 is 0 Å². The number of amides is 2. The van der Waals surface area contributed by atoms with Crippen LogP contribution in [0, 0.1) is 0 Å². The van der Waals surface area contributed by atoms with Gasteiger partial charge >= 0.3 is 12.1 Å². The molecule has 7 nitrogen and oxygen atoms in total. The number of alkyl carbamates (subject to hydrolysis) is 1. The number of carbonyl (C=O) groups is 3. The van der Waals surface area contributed by atoms with Gasteiger partial charge in [-0.15, -0.1) is 0 Å². The van der Waals surface area contributed by atoms with E-state index in [9.17, 15) is 14.4 Å². The second-order valence-electron chi connectivity index (χ2n) is 8.03. The molecule has 28 heavy (non-hydrogen) atoms. The minimum Gasteiger partial charge on any atom is -0.458 e. The number of benzene rings is 1. The van der Waals surface area contributed by atoms with Gasteiger partial charge in [-0.2, -0.15) is 0 Å². The number of fused-ring (bicyclic) bond motifs is 1. The first-order valence-electron chi connectivity index (χ1n) is 9.48. The molecular weight excluding hydrogens is 360 g/mol. The van der Waals surface area contributed by atoms with Crippen molar-refractivity contribution < 1.29 is 23.9 Å². The Kier molecular flexibility index (Phi) is 5.72. The number of nitrogens with zero attached hydrogens (tertiary/aromatic N) is 1. The van der Waals surface area contributed by atoms with Crippen molar-refractivity contribution in [3.8, 4) is 0 Å². The molecule has 0 aliphatic carbocycles. The summed E-state index contributed by atoms with van der Waals surface area (Å²) in [5.41, 5.74) is 0.377. The van der Waals surface area contributed by atoms with E-state index in [0.29, 0.717) is 12.8 Å². The normalized spacial score (nSPS) is 21.6. The van der Waals surface area contributed by atoms with Crippen LogP contribution in [-0.2, 0) is 25.7 Å². The molecule has 1 saturated heterocycles. The molecule has 0 saturated carbocycles. The third kappa shape index (κ3) is 4.71. The van der Waals surface area contributed by atoms with Crippen LogP contribution in [-0.4, -0.2) is 40.6 Å². The first-order chi connectivity index (χ1) is 13.2. The summed E-state index contributed by atoms with van der Waals surface area (Å²) < 4.78 is 10.6. The van der Waals surface area contributed by atoms with Crippen LogP contribution in [0.1, 0.15) is 45.6 Å². The molecular formula is C21H26N2O5. The second-order valence-corrected chi connectivity index (χ2v) is 8.03. The van der Waals surface area contributed by atoms with Crippen molar-refractivity contribution in [2.75, 3.05) is 0 Å². The third-order valence-corrected chi connectivity index (χ3v) is 4.69. The van der Waals surface area contributed by atoms with Crippen molar-refractivity contribution >= 4 is 18.0 Å². The number of ether oxygens (including phenoxy) is 2. The van der Waals surface area contributed by atoms with Crippen molar-refractivity contribution in [3.63, 3.8) is 0 Å². The van der Waals surface area contributed by atoms with Crippen LogP contribution in [0.15, 0.2) is 42.1 Å². The summed E-state index contributed by atoms with van der Waals surface area (Å²) in [5.74, 6) is -0.780. The quantitative estimate of drug-likeness (QED) is 0.805. The molecule has 0 bridgehead atoms. The van der Waals surface area contributed by atoms with Gasteiger partial charge in [0, 0.05) is 6.04 Å². The molecule has 7 heteroatoms. The molecule has 1 N–H and O–H groups in total. The molecule has 1 fully saturated rings. The summed E-state index contributed by atoms with van der Waals surface area (Å²) in [6, 6.07) is 8.61. The predicted octanol–water partition coefficient (Wildman–Crippen LogP) is 2.90. The predicted molar refractivity (Wildman–Crippen MR) is 102 cm³/mol. The second kappa shape index (κ2) is 8.04. The van der Waals surface area contributed by atoms with Gasteiger partial charge in [-0.25, -0.2) is 9.59 Å². The molecule has 150 valence electrons. The summed E-state index contributed by atoms with van der Waals surface area (Å²) in [5, 5.41) is 2.52. The Morgan fingerprint density at radius 3 is 2.57 bits per heavy atom. The molecule has 0 aromatic heterocycles. The minimum atomic E-state index is -0.699. The monoisotopic (exact) mass is 386 g/mol. The molecule has 0 unspecified atom stereocenters. The lowest BCUT2D eigenvalue weighted by atomic mass is 10.1. The van der Waals surface area contributed by atoms with Gasteiger partial charge in [0.15, 0.2) is 0 Å². The average molecular weight is 386 g/mol. The third-order valence-electron chi connectivity index (χ3n) is 4.69. The summed E-state index contributed by atoms with van der Waals surface area (Å²) in [4.78, 5) is 39.0. The Hall–Kier alpha value is -2.83. The Bertz CT molecular complexity index is 782. The Morgan fingerprint density at radius 1 is 1.18 bits per heavy atom. The number of hydrogen-bond donors (Lipinski definition) is 1. The van der Waals surface area contributed by atoms with Gasteiger partial charge in [-0.3, -0.25) is 10.1 Å². The molecule has 2 heterocycles. The molecule has 0 spiro atoms. The maximum atomic E-state index is 12.9. The maximum Gasteiger partial charge on any atom is 0.412 e. The van der Waals surface area contributed by atoms with E-state index >= 15 is 0 Å². The fourth-order valence-corrected chi connectivity index (χ4v) is 3.48. The van der Waals surface area contributed by atoms with Crippen molar-refractivity contribution in [1.82, 2.24) is 10.2 Å². The first kappa shape index (κ1) is 19.9. The number of carbonyl (C=O) groups excluding carboxylic acids is 3. The topological polar surface area (TPSA) is 84.9 Å². The smallest absolute Gasteiger partial charge is 0.412 e.